The van der Waals surface area contributed by atoms with E-state index in [9.17, 15) is 13.6 Å². The number of methoxy groups -OCH3 is 1. The van der Waals surface area contributed by atoms with E-state index in [1.807, 2.05) is 0 Å². The Labute approximate surface area is 104 Å². The number of ether oxygens (including phenoxy) is 1. The van der Waals surface area contributed by atoms with E-state index in [0.717, 1.165) is 4.90 Å². The molecule has 0 aromatic heterocycles. The number of para-hydroxylation sites is 1. The Morgan fingerprint density at radius 3 is 2.89 bits per heavy atom. The van der Waals surface area contributed by atoms with Crippen molar-refractivity contribution < 1.29 is 18.3 Å². The summed E-state index contributed by atoms with van der Waals surface area (Å²) in [4.78, 5) is 12.7. The van der Waals surface area contributed by atoms with Crippen molar-refractivity contribution in [2.75, 3.05) is 20.2 Å². The van der Waals surface area contributed by atoms with Crippen LogP contribution in [0, 0.1) is 0 Å². The maximum atomic E-state index is 12.5. The van der Waals surface area contributed by atoms with Crippen LogP contribution in [0.25, 0.3) is 0 Å². The molecule has 1 aromatic rings. The molecule has 1 atom stereocenters. The van der Waals surface area contributed by atoms with Gasteiger partial charge in [-0.1, -0.05) is 18.2 Å². The largest absolute Gasteiger partial charge is 0.496 e. The second-order valence-electron chi connectivity index (χ2n) is 3.96. The monoisotopic (exact) mass is 256 g/mol. The highest BCUT2D eigenvalue weighted by Gasteiger charge is 2.34. The van der Waals surface area contributed by atoms with Gasteiger partial charge < -0.3 is 9.64 Å². The number of amides is 1. The Hall–Kier alpha value is -1.69. The molecule has 1 N–H and O–H groups in total. The number of benzene rings is 1. The van der Waals surface area contributed by atoms with Gasteiger partial charge in [-0.3, -0.25) is 10.1 Å². The fourth-order valence-electron chi connectivity index (χ4n) is 2.07. The molecule has 1 aromatic carbocycles. The summed E-state index contributed by atoms with van der Waals surface area (Å²) < 4.78 is 30.1. The van der Waals surface area contributed by atoms with Gasteiger partial charge >= 0.3 is 0 Å². The summed E-state index contributed by atoms with van der Waals surface area (Å²) in [5.74, 6) is 0.246. The van der Waals surface area contributed by atoms with Crippen LogP contribution in [0.2, 0.25) is 0 Å². The third kappa shape index (κ3) is 2.43. The van der Waals surface area contributed by atoms with Gasteiger partial charge in [0.25, 0.3) is 6.43 Å². The first kappa shape index (κ1) is 12.8. The average molecular weight is 256 g/mol. The molecule has 1 heterocycles. The quantitative estimate of drug-likeness (QED) is 0.885. The summed E-state index contributed by atoms with van der Waals surface area (Å²) in [5.41, 5.74) is 0.687. The zero-order chi connectivity index (χ0) is 13.1. The number of nitrogens with zero attached hydrogens (tertiary/aromatic N) is 1. The smallest absolute Gasteiger partial charge is 0.255 e. The summed E-state index contributed by atoms with van der Waals surface area (Å²) in [6.45, 7) is -0.510. The minimum atomic E-state index is -2.55. The molecule has 1 fully saturated rings. The van der Waals surface area contributed by atoms with E-state index in [1.54, 1.807) is 24.3 Å². The van der Waals surface area contributed by atoms with E-state index >= 15 is 0 Å². The molecule has 1 amide bonds. The highest BCUT2D eigenvalue weighted by atomic mass is 19.3. The molecule has 4 nitrogen and oxygen atoms in total. The van der Waals surface area contributed by atoms with Crippen LogP contribution in [0.15, 0.2) is 24.3 Å². The molecule has 1 aliphatic rings. The van der Waals surface area contributed by atoms with Crippen molar-refractivity contribution >= 4 is 5.91 Å². The summed E-state index contributed by atoms with van der Waals surface area (Å²) in [5, 5.41) is 2.92. The van der Waals surface area contributed by atoms with E-state index < -0.39 is 19.1 Å². The highest BCUT2D eigenvalue weighted by molar-refractivity contribution is 5.81. The Kier molecular flexibility index (Phi) is 3.76. The molecule has 0 aliphatic carbocycles. The first-order valence-electron chi connectivity index (χ1n) is 5.57. The highest BCUT2D eigenvalue weighted by Crippen LogP contribution is 2.30. The number of nitrogens with one attached hydrogen (secondary N) is 1. The van der Waals surface area contributed by atoms with Gasteiger partial charge in [0, 0.05) is 5.56 Å². The summed E-state index contributed by atoms with van der Waals surface area (Å²) >= 11 is 0. The fraction of sp³-hybridized carbons (Fsp3) is 0.417. The summed E-state index contributed by atoms with van der Waals surface area (Å²) in [6.07, 6.45) is -3.10. The zero-order valence-electron chi connectivity index (χ0n) is 9.90. The fourth-order valence-corrected chi connectivity index (χ4v) is 2.07. The number of hydrogen-bond acceptors (Lipinski definition) is 3. The molecule has 6 heteroatoms. The molecule has 18 heavy (non-hydrogen) atoms. The van der Waals surface area contributed by atoms with Gasteiger partial charge in [-0.2, -0.15) is 0 Å². The molecule has 1 saturated heterocycles. The predicted molar refractivity (Wildman–Crippen MR) is 61.5 cm³/mol. The molecule has 0 bridgehead atoms. The van der Waals surface area contributed by atoms with Gasteiger partial charge in [-0.25, -0.2) is 8.78 Å². The van der Waals surface area contributed by atoms with Crippen molar-refractivity contribution in [3.63, 3.8) is 0 Å². The van der Waals surface area contributed by atoms with E-state index in [4.69, 9.17) is 4.74 Å². The normalized spacial score (nSPS) is 19.7. The van der Waals surface area contributed by atoms with Crippen LogP contribution in [0.5, 0.6) is 5.75 Å². The molecular weight excluding hydrogens is 242 g/mol. The molecule has 0 radical (unpaired) electrons. The van der Waals surface area contributed by atoms with Gasteiger partial charge in [0.1, 0.15) is 11.9 Å². The van der Waals surface area contributed by atoms with Crippen LogP contribution in [-0.4, -0.2) is 37.4 Å². The minimum absolute atomic E-state index is 0.0649. The first-order chi connectivity index (χ1) is 8.63. The predicted octanol–water partition coefficient (Wildman–Crippen LogP) is 1.39. The van der Waals surface area contributed by atoms with Crippen LogP contribution >= 0.6 is 0 Å². The first-order valence-corrected chi connectivity index (χ1v) is 5.57. The van der Waals surface area contributed by atoms with Gasteiger partial charge in [-0.15, -0.1) is 0 Å². The number of alkyl halides is 2. The average Bonchev–Trinajstić information content (AvgIpc) is 2.70. The minimum Gasteiger partial charge on any atom is -0.496 e. The standard InChI is InChI=1S/C12H14F2N2O2/c1-18-9-5-3-2-4-8(9)12-15-6-11(17)16(12)7-10(13)14/h2-5,10,12,15H,6-7H2,1H3. The van der Waals surface area contributed by atoms with Crippen molar-refractivity contribution in [3.05, 3.63) is 29.8 Å². The number of carbonyl (C=O) groups is 1. The van der Waals surface area contributed by atoms with Gasteiger partial charge in [-0.05, 0) is 6.07 Å². The lowest BCUT2D eigenvalue weighted by Gasteiger charge is -2.25. The van der Waals surface area contributed by atoms with E-state index in [-0.39, 0.29) is 12.5 Å². The number of halogens is 2. The lowest BCUT2D eigenvalue weighted by Crippen LogP contribution is -2.34. The Balaban J connectivity index is 2.28. The van der Waals surface area contributed by atoms with Crippen molar-refractivity contribution in [1.82, 2.24) is 10.2 Å². The number of hydrogen-bond donors (Lipinski definition) is 1. The third-order valence-electron chi connectivity index (χ3n) is 2.85. The van der Waals surface area contributed by atoms with Crippen LogP contribution in [0.4, 0.5) is 8.78 Å². The second kappa shape index (κ2) is 5.30. The van der Waals surface area contributed by atoms with Crippen molar-refractivity contribution in [1.29, 1.82) is 0 Å². The topological polar surface area (TPSA) is 41.6 Å². The SMILES string of the molecule is COc1ccccc1C1NCC(=O)N1CC(F)F. The molecule has 1 aliphatic heterocycles. The van der Waals surface area contributed by atoms with Gasteiger partial charge in [0.15, 0.2) is 0 Å². The van der Waals surface area contributed by atoms with E-state index in [0.29, 0.717) is 11.3 Å². The van der Waals surface area contributed by atoms with Crippen molar-refractivity contribution in [3.8, 4) is 5.75 Å². The number of carbonyl (C=O) groups excluding carboxylic acids is 1. The van der Waals surface area contributed by atoms with Crippen LogP contribution in [0.3, 0.4) is 0 Å². The third-order valence-corrected chi connectivity index (χ3v) is 2.85. The van der Waals surface area contributed by atoms with Gasteiger partial charge in [0.05, 0.1) is 20.2 Å². The molecular formula is C12H14F2N2O2. The molecule has 2 rings (SSSR count). The Bertz CT molecular complexity index is 440. The maximum absolute atomic E-state index is 12.5. The molecule has 0 saturated carbocycles. The summed E-state index contributed by atoms with van der Waals surface area (Å²) in [7, 11) is 1.51. The van der Waals surface area contributed by atoms with Crippen molar-refractivity contribution in [2.45, 2.75) is 12.6 Å². The maximum Gasteiger partial charge on any atom is 0.255 e. The lowest BCUT2D eigenvalue weighted by atomic mass is 10.1. The number of rotatable bonds is 4. The Morgan fingerprint density at radius 1 is 1.50 bits per heavy atom. The molecule has 0 spiro atoms. The Morgan fingerprint density at radius 2 is 2.22 bits per heavy atom. The lowest BCUT2D eigenvalue weighted by molar-refractivity contribution is -0.130. The van der Waals surface area contributed by atoms with Crippen LogP contribution in [0.1, 0.15) is 11.7 Å². The van der Waals surface area contributed by atoms with Crippen LogP contribution < -0.4 is 10.1 Å². The summed E-state index contributed by atoms with van der Waals surface area (Å²) in [6, 6.07) is 7.06. The second-order valence-corrected chi connectivity index (χ2v) is 3.96. The van der Waals surface area contributed by atoms with Crippen LogP contribution in [-0.2, 0) is 4.79 Å². The molecule has 1 unspecified atom stereocenters. The van der Waals surface area contributed by atoms with Crippen molar-refractivity contribution in [2.24, 2.45) is 0 Å². The van der Waals surface area contributed by atoms with E-state index in [1.165, 1.54) is 7.11 Å². The van der Waals surface area contributed by atoms with Gasteiger partial charge in [0.2, 0.25) is 5.91 Å². The molecule has 98 valence electrons. The van der Waals surface area contributed by atoms with E-state index in [2.05, 4.69) is 5.32 Å². The zero-order valence-corrected chi connectivity index (χ0v) is 9.90.